The molecule has 0 radical (unpaired) electrons. The third kappa shape index (κ3) is 34.5. The van der Waals surface area contributed by atoms with Crippen LogP contribution in [0.4, 0.5) is 0 Å². The molecular formula is C82H140N16O13W2. The van der Waals surface area contributed by atoms with E-state index in [-0.39, 0.29) is 130 Å². The van der Waals surface area contributed by atoms with Crippen molar-refractivity contribution in [1.29, 1.82) is 0 Å². The number of hydrogen-bond donors (Lipinski definition) is 5. The van der Waals surface area contributed by atoms with Gasteiger partial charge in [0.15, 0.2) is 0 Å². The number of carboxylic acids is 1. The van der Waals surface area contributed by atoms with Crippen LogP contribution in [0.1, 0.15) is 176 Å². The van der Waals surface area contributed by atoms with Crippen LogP contribution in [0.2, 0.25) is 0 Å². The summed E-state index contributed by atoms with van der Waals surface area (Å²) in [5, 5.41) is 37.4. The van der Waals surface area contributed by atoms with Crippen LogP contribution in [0.5, 0.6) is 0 Å². The van der Waals surface area contributed by atoms with Crippen LogP contribution in [0.15, 0.2) is 61.6 Å². The Morgan fingerprint density at radius 1 is 0.487 bits per heavy atom. The number of nitrogens with two attached hydrogens (primary N) is 2. The number of Topliss-reactive ketones (excluding diaryl/α,β-unsaturated/α-hetero) is 1. The molecule has 9 N–H and O–H groups in total. The molecule has 14 aliphatic heterocycles. The van der Waals surface area contributed by atoms with E-state index in [1.807, 2.05) is 0 Å². The minimum Gasteiger partial charge on any atom is -0.662 e. The van der Waals surface area contributed by atoms with E-state index in [1.54, 1.807) is 31.1 Å². The van der Waals surface area contributed by atoms with Crippen molar-refractivity contribution in [3.8, 4) is 0 Å². The van der Waals surface area contributed by atoms with E-state index >= 15 is 0 Å². The summed E-state index contributed by atoms with van der Waals surface area (Å²) in [6, 6.07) is 0.233. The summed E-state index contributed by atoms with van der Waals surface area (Å²) in [7, 11) is 0. The Morgan fingerprint density at radius 2 is 0.814 bits per heavy atom. The molecule has 0 unspecified atom stereocenters. The SMILES string of the molecule is CC1=NCC(C2CCN(N3CCC[C@H]3C=O)CC2)=C1.CC1=NCC(C2CCNCC2)=C1.CC1=NCC(C2CC[N-]CC2)=C1.CCOC(=O)CC(=O)C1CCN(N2CCC[C@H]2C=O)CC1.CCOC(C)=O.NN.O.O=C[C@@H]1CCCN1N1CCC(C(=O)O)CC1.O=C[C@@H]1CCCN1N1CCC(C2=CC(=O)NC2)CC1.[CH3-].[CH3-].[CH3-].[W+2].[W+2]. The smallest absolute Gasteiger partial charge is 0.662 e. The summed E-state index contributed by atoms with van der Waals surface area (Å²) in [4.78, 5) is 113. The van der Waals surface area contributed by atoms with Crippen molar-refractivity contribution in [2.24, 2.45) is 62.2 Å². The number of amides is 1. The number of aliphatic carboxylic acids is 1. The van der Waals surface area contributed by atoms with Gasteiger partial charge in [0, 0.05) is 121 Å². The molecule has 10 fully saturated rings. The Kier molecular flexibility index (Phi) is 54.5. The number of aliphatic imine (C=N–C) groups is 3. The van der Waals surface area contributed by atoms with Crippen molar-refractivity contribution in [2.45, 2.75) is 201 Å². The fourth-order valence-electron chi connectivity index (χ4n) is 17.1. The number of aldehydes is 4. The first-order valence-electron chi connectivity index (χ1n) is 40.1. The van der Waals surface area contributed by atoms with E-state index in [4.69, 9.17) is 9.84 Å². The predicted molar refractivity (Wildman–Crippen MR) is 438 cm³/mol. The maximum Gasteiger partial charge on any atom is 2.00 e. The fourth-order valence-corrected chi connectivity index (χ4v) is 17.1. The largest absolute Gasteiger partial charge is 2.00 e. The standard InChI is InChI=1S/C15H23N3O.C15H24N2O4.C14H21N3O2.C11H18N2O3.C10H16N2.C10H15N2.C4H8O2.3CH3.H4N2.H2O.2W/c1-12-9-14(10-16-12)13-4-7-17(8-5-13)18-6-2-3-15(18)11-19;1-2-21-15(20)10-14(19)12-5-8-16(9-6-12)17-7-3-4-13(17)11-18;18-10-13-2-1-5-17(13)16-6-3-11(4-7-16)12-8-14(19)15-9-12;14-8-10-2-1-5-13(10)12-6-3-9(4-7-12)11(15)16;2*1-8-6-10(7-12-8)9-2-4-11-5-3-9;1-3-6-4(2)5;;;;1-2;;;/h9,11,13,15H,2-8,10H2,1H3;11-13H,2-10H2,1H3;8,10-11,13H,1-7,9H2,(H,15,19);8-10H,1-7H2,(H,15,16);6,9,11H,2-5,7H2,1H3;6,9H,2-5,7H2,1H3;3H2,1-2H3;3*1H3;1-2H2;1H2;;/q;;;;;-1;;3*-1;;;2*+2/t15-;2*13-;10-;;;;;;;;;;/m0000........../s1. The van der Waals surface area contributed by atoms with E-state index in [0.29, 0.717) is 37.9 Å². The van der Waals surface area contributed by atoms with E-state index in [1.165, 1.54) is 86.8 Å². The third-order valence-electron chi connectivity index (χ3n) is 23.0. The van der Waals surface area contributed by atoms with Gasteiger partial charge in [-0.05, 0) is 227 Å². The summed E-state index contributed by atoms with van der Waals surface area (Å²) in [6.45, 7) is 31.2. The zero-order valence-electron chi connectivity index (χ0n) is 69.6. The van der Waals surface area contributed by atoms with Crippen LogP contribution in [0.3, 0.4) is 0 Å². The van der Waals surface area contributed by atoms with Crippen LogP contribution < -0.4 is 22.3 Å². The van der Waals surface area contributed by atoms with Gasteiger partial charge in [0.05, 0.1) is 62.9 Å². The second-order valence-corrected chi connectivity index (χ2v) is 30.1. The third-order valence-corrected chi connectivity index (χ3v) is 23.0. The van der Waals surface area contributed by atoms with Gasteiger partial charge in [-0.1, -0.05) is 12.8 Å². The quantitative estimate of drug-likeness (QED) is 0.0240. The predicted octanol–water partition coefficient (Wildman–Crippen LogP) is 6.64. The van der Waals surface area contributed by atoms with Crippen LogP contribution >= 0.6 is 0 Å². The van der Waals surface area contributed by atoms with Gasteiger partial charge < -0.3 is 77.5 Å². The minimum absolute atomic E-state index is 0. The molecule has 0 bridgehead atoms. The first-order valence-corrected chi connectivity index (χ1v) is 40.1. The van der Waals surface area contributed by atoms with Gasteiger partial charge in [-0.25, -0.2) is 40.1 Å². The average Bonchev–Trinajstić information content (AvgIpc) is 1.72. The number of hydrogen-bond acceptors (Lipinski definition) is 25. The van der Waals surface area contributed by atoms with E-state index < -0.39 is 11.9 Å². The van der Waals surface area contributed by atoms with E-state index in [0.717, 1.165) is 232 Å². The number of carbonyl (C=O) groups is 9. The number of esters is 2. The topological polar surface area (TPSA) is 377 Å². The molecule has 0 saturated carbocycles. The number of rotatable bonds is 18. The molecule has 29 nitrogen and oxygen atoms in total. The number of nitrogens with zero attached hydrogens (tertiary/aromatic N) is 12. The van der Waals surface area contributed by atoms with Crippen molar-refractivity contribution < 1.29 is 105 Å². The van der Waals surface area contributed by atoms with Gasteiger partial charge in [0.25, 0.3) is 0 Å². The van der Waals surface area contributed by atoms with Gasteiger partial charge in [-0.3, -0.25) is 50.6 Å². The van der Waals surface area contributed by atoms with Crippen LogP contribution in [0, 0.1) is 57.8 Å². The van der Waals surface area contributed by atoms with Crippen LogP contribution in [0.25, 0.3) is 5.32 Å². The van der Waals surface area contributed by atoms with Crippen molar-refractivity contribution >= 4 is 71.9 Å². The number of carboxylic acid groups (broad SMARTS) is 1. The monoisotopic (exact) mass is 1920 g/mol. The fraction of sp³-hybridized carbons (Fsp3) is 0.720. The Morgan fingerprint density at radius 3 is 1.11 bits per heavy atom. The summed E-state index contributed by atoms with van der Waals surface area (Å²) < 4.78 is 9.22. The molecule has 4 atom stereocenters. The van der Waals surface area contributed by atoms with Gasteiger partial charge >= 0.3 is 60.0 Å². The second kappa shape index (κ2) is 58.0. The van der Waals surface area contributed by atoms with Crippen molar-refractivity contribution in [1.82, 2.24) is 50.7 Å². The molecule has 1 amide bonds. The summed E-state index contributed by atoms with van der Waals surface area (Å²) in [5.41, 5.74) is 9.48. The number of nitrogens with one attached hydrogen (secondary N) is 2. The van der Waals surface area contributed by atoms with Crippen molar-refractivity contribution in [2.75, 3.05) is 144 Å². The zero-order chi connectivity index (χ0) is 77.0. The van der Waals surface area contributed by atoms with Gasteiger partial charge in [0.1, 0.15) is 37.3 Å². The normalized spacial score (nSPS) is 24.9. The maximum absolute atomic E-state index is 12.0. The first kappa shape index (κ1) is 106. The molecule has 0 aliphatic carbocycles. The molecule has 0 spiro atoms. The Balaban J connectivity index is 0.000000664. The number of hydrazine groups is 5. The molecule has 113 heavy (non-hydrogen) atoms. The van der Waals surface area contributed by atoms with Crippen LogP contribution in [-0.4, -0.2) is 291 Å². The Bertz CT molecular complexity index is 3030. The summed E-state index contributed by atoms with van der Waals surface area (Å²) >= 11 is 0. The summed E-state index contributed by atoms with van der Waals surface area (Å²) in [5.74, 6) is 9.30. The minimum atomic E-state index is -0.687. The number of ether oxygens (including phenoxy) is 2. The molecule has 14 heterocycles. The molecule has 31 heteroatoms. The number of ketones is 1. The molecule has 10 saturated heterocycles. The van der Waals surface area contributed by atoms with E-state index in [9.17, 15) is 43.2 Å². The molecule has 0 aromatic rings. The first-order chi connectivity index (χ1) is 51.9. The van der Waals surface area contributed by atoms with Crippen molar-refractivity contribution in [3.63, 3.8) is 0 Å². The molecule has 0 aromatic heterocycles. The van der Waals surface area contributed by atoms with Crippen LogP contribution in [-0.2, 0) is 94.8 Å². The molecule has 638 valence electrons. The summed E-state index contributed by atoms with van der Waals surface area (Å²) in [6.07, 6.45) is 33.5. The zero-order valence-corrected chi connectivity index (χ0v) is 75.4. The Hall–Kier alpha value is -4.94. The van der Waals surface area contributed by atoms with Gasteiger partial charge in [0.2, 0.25) is 5.91 Å². The number of carbonyl (C=O) groups excluding carboxylic acids is 8. The second-order valence-electron chi connectivity index (χ2n) is 30.1. The molecule has 14 aliphatic rings. The molecule has 0 aromatic carbocycles. The van der Waals surface area contributed by atoms with Crippen molar-refractivity contribution in [3.05, 3.63) is 74.2 Å². The maximum atomic E-state index is 12.0. The van der Waals surface area contributed by atoms with Gasteiger partial charge in [-0.2, -0.15) is 0 Å². The molecule has 14 rings (SSSR count). The number of allylic oxidation sites excluding steroid dienone is 3. The Labute approximate surface area is 704 Å². The van der Waals surface area contributed by atoms with Gasteiger partial charge in [-0.15, -0.1) is 13.1 Å². The molecular weight excluding hydrogens is 1780 g/mol. The van der Waals surface area contributed by atoms with E-state index in [2.05, 4.69) is 126 Å². The average molecular weight is 1930 g/mol. The number of piperidine rings is 6.